The first-order valence-corrected chi connectivity index (χ1v) is 8.56. The molecular formula is C19H21N5O. The summed E-state index contributed by atoms with van der Waals surface area (Å²) < 4.78 is 8.09. The molecule has 3 aromatic rings. The summed E-state index contributed by atoms with van der Waals surface area (Å²) in [6.07, 6.45) is 8.36. The third-order valence-electron chi connectivity index (χ3n) is 4.40. The van der Waals surface area contributed by atoms with E-state index < -0.39 is 0 Å². The topological polar surface area (TPSA) is 56.1 Å². The average molecular weight is 335 g/mol. The first kappa shape index (κ1) is 15.8. The van der Waals surface area contributed by atoms with Crippen molar-refractivity contribution in [2.75, 3.05) is 6.54 Å². The number of pyridine rings is 2. The van der Waals surface area contributed by atoms with Crippen molar-refractivity contribution in [3.8, 4) is 5.75 Å². The van der Waals surface area contributed by atoms with Gasteiger partial charge in [-0.05, 0) is 30.7 Å². The Kier molecular flexibility index (Phi) is 4.70. The van der Waals surface area contributed by atoms with Crippen LogP contribution < -0.4 is 4.74 Å². The van der Waals surface area contributed by atoms with Crippen LogP contribution in [-0.4, -0.2) is 31.0 Å². The van der Waals surface area contributed by atoms with Gasteiger partial charge in [0.25, 0.3) is 0 Å². The molecule has 1 aliphatic heterocycles. The lowest BCUT2D eigenvalue weighted by molar-refractivity contribution is 0.252. The molecule has 0 N–H and O–H groups in total. The summed E-state index contributed by atoms with van der Waals surface area (Å²) in [5, 5.41) is 0. The molecule has 6 heteroatoms. The smallest absolute Gasteiger partial charge is 0.138 e. The summed E-state index contributed by atoms with van der Waals surface area (Å²) in [4.78, 5) is 15.5. The van der Waals surface area contributed by atoms with Crippen LogP contribution in [0.4, 0.5) is 0 Å². The highest BCUT2D eigenvalue weighted by atomic mass is 16.5. The molecule has 3 aromatic heterocycles. The van der Waals surface area contributed by atoms with Gasteiger partial charge in [0, 0.05) is 38.6 Å². The van der Waals surface area contributed by atoms with Crippen molar-refractivity contribution < 1.29 is 4.74 Å². The van der Waals surface area contributed by atoms with Crippen LogP contribution in [0.15, 0.2) is 55.2 Å². The quantitative estimate of drug-likeness (QED) is 0.717. The van der Waals surface area contributed by atoms with Gasteiger partial charge in [0.1, 0.15) is 18.1 Å². The third kappa shape index (κ3) is 3.85. The van der Waals surface area contributed by atoms with Gasteiger partial charge in [0.2, 0.25) is 0 Å². The molecule has 128 valence electrons. The number of hydrogen-bond donors (Lipinski definition) is 0. The molecule has 25 heavy (non-hydrogen) atoms. The summed E-state index contributed by atoms with van der Waals surface area (Å²) in [6, 6.07) is 9.85. The van der Waals surface area contributed by atoms with E-state index in [-0.39, 0.29) is 0 Å². The molecule has 0 amide bonds. The van der Waals surface area contributed by atoms with Crippen molar-refractivity contribution in [2.45, 2.75) is 32.7 Å². The molecule has 0 aliphatic carbocycles. The predicted octanol–water partition coefficient (Wildman–Crippen LogP) is 2.66. The predicted molar refractivity (Wildman–Crippen MR) is 93.8 cm³/mol. The molecule has 0 radical (unpaired) electrons. The Morgan fingerprint density at radius 1 is 1.04 bits per heavy atom. The molecule has 0 atom stereocenters. The summed E-state index contributed by atoms with van der Waals surface area (Å²) in [5.41, 5.74) is 3.33. The lowest BCUT2D eigenvalue weighted by atomic mass is 10.2. The Balaban J connectivity index is 1.47. The lowest BCUT2D eigenvalue weighted by Gasteiger charge is -2.19. The van der Waals surface area contributed by atoms with Crippen molar-refractivity contribution >= 4 is 0 Å². The number of hydrogen-bond acceptors (Lipinski definition) is 5. The van der Waals surface area contributed by atoms with Crippen LogP contribution in [0.3, 0.4) is 0 Å². The number of imidazole rings is 1. The molecule has 1 aliphatic rings. The minimum absolute atomic E-state index is 0.464. The molecule has 4 rings (SSSR count). The number of nitrogens with zero attached hydrogens (tertiary/aromatic N) is 5. The van der Waals surface area contributed by atoms with E-state index in [1.165, 1.54) is 5.69 Å². The Morgan fingerprint density at radius 3 is 2.88 bits per heavy atom. The summed E-state index contributed by atoms with van der Waals surface area (Å²) >= 11 is 0. The number of ether oxygens (including phenoxy) is 1. The second kappa shape index (κ2) is 7.44. The lowest BCUT2D eigenvalue weighted by Crippen LogP contribution is -2.24. The molecule has 0 saturated heterocycles. The highest BCUT2D eigenvalue weighted by Gasteiger charge is 2.19. The minimum Gasteiger partial charge on any atom is -0.486 e. The normalized spacial score (nSPS) is 14.7. The zero-order valence-corrected chi connectivity index (χ0v) is 14.1. The molecular weight excluding hydrogens is 314 g/mol. The summed E-state index contributed by atoms with van der Waals surface area (Å²) in [7, 11) is 0. The van der Waals surface area contributed by atoms with Gasteiger partial charge in [0.05, 0.1) is 23.9 Å². The second-order valence-corrected chi connectivity index (χ2v) is 6.19. The van der Waals surface area contributed by atoms with Gasteiger partial charge in [-0.1, -0.05) is 6.07 Å². The zero-order valence-electron chi connectivity index (χ0n) is 14.1. The van der Waals surface area contributed by atoms with Gasteiger partial charge < -0.3 is 9.30 Å². The van der Waals surface area contributed by atoms with E-state index in [9.17, 15) is 0 Å². The van der Waals surface area contributed by atoms with Gasteiger partial charge in [-0.25, -0.2) is 4.98 Å². The minimum atomic E-state index is 0.464. The molecule has 0 saturated carbocycles. The average Bonchev–Trinajstić information content (AvgIpc) is 2.92. The van der Waals surface area contributed by atoms with Crippen LogP contribution in [0.2, 0.25) is 0 Å². The maximum atomic E-state index is 5.84. The Hall–Kier alpha value is -2.73. The van der Waals surface area contributed by atoms with Crippen LogP contribution in [0, 0.1) is 0 Å². The molecule has 0 spiro atoms. The van der Waals surface area contributed by atoms with E-state index in [4.69, 9.17) is 4.74 Å². The van der Waals surface area contributed by atoms with E-state index in [2.05, 4.69) is 30.5 Å². The summed E-state index contributed by atoms with van der Waals surface area (Å²) in [5.74, 6) is 0.767. The van der Waals surface area contributed by atoms with Crippen LogP contribution in [-0.2, 0) is 26.2 Å². The first-order chi connectivity index (χ1) is 12.4. The van der Waals surface area contributed by atoms with Crippen LogP contribution >= 0.6 is 0 Å². The van der Waals surface area contributed by atoms with Gasteiger partial charge in [0.15, 0.2) is 0 Å². The standard InChI is InChI=1S/C19H21N5O/c1-2-8-21-16(5-1)12-23-9-4-10-24-15-22-18(19(24)13-23)14-25-17-6-3-7-20-11-17/h1-3,5-8,11,15H,4,9-10,12-14H2. The van der Waals surface area contributed by atoms with E-state index in [1.54, 1.807) is 12.4 Å². The fourth-order valence-electron chi connectivity index (χ4n) is 3.14. The molecule has 6 nitrogen and oxygen atoms in total. The van der Waals surface area contributed by atoms with E-state index in [0.29, 0.717) is 6.61 Å². The van der Waals surface area contributed by atoms with Crippen LogP contribution in [0.25, 0.3) is 0 Å². The summed E-state index contributed by atoms with van der Waals surface area (Å²) in [6.45, 7) is 4.23. The second-order valence-electron chi connectivity index (χ2n) is 6.19. The number of rotatable bonds is 5. The Morgan fingerprint density at radius 2 is 2.04 bits per heavy atom. The molecule has 0 fully saturated rings. The molecule has 0 aromatic carbocycles. The van der Waals surface area contributed by atoms with Crippen molar-refractivity contribution in [3.63, 3.8) is 0 Å². The van der Waals surface area contributed by atoms with Crippen LogP contribution in [0.1, 0.15) is 23.5 Å². The number of aromatic nitrogens is 4. The van der Waals surface area contributed by atoms with Gasteiger partial charge in [-0.2, -0.15) is 0 Å². The number of fused-ring (bicyclic) bond motifs is 1. The molecule has 0 unspecified atom stereocenters. The number of aryl methyl sites for hydroxylation is 1. The maximum absolute atomic E-state index is 5.84. The molecule has 0 bridgehead atoms. The maximum Gasteiger partial charge on any atom is 0.138 e. The monoisotopic (exact) mass is 335 g/mol. The Labute approximate surface area is 147 Å². The van der Waals surface area contributed by atoms with E-state index >= 15 is 0 Å². The van der Waals surface area contributed by atoms with Gasteiger partial charge in [-0.15, -0.1) is 0 Å². The SMILES string of the molecule is c1ccc(CN2CCCn3cnc(COc4cccnc4)c3C2)nc1. The third-order valence-corrected chi connectivity index (χ3v) is 4.40. The first-order valence-electron chi connectivity index (χ1n) is 8.56. The highest BCUT2D eigenvalue weighted by Crippen LogP contribution is 2.19. The van der Waals surface area contributed by atoms with Crippen molar-refractivity contribution in [2.24, 2.45) is 0 Å². The van der Waals surface area contributed by atoms with Crippen molar-refractivity contribution in [1.29, 1.82) is 0 Å². The van der Waals surface area contributed by atoms with E-state index in [1.807, 2.05) is 36.8 Å². The largest absolute Gasteiger partial charge is 0.486 e. The van der Waals surface area contributed by atoms with Crippen molar-refractivity contribution in [1.82, 2.24) is 24.4 Å². The highest BCUT2D eigenvalue weighted by molar-refractivity contribution is 5.18. The van der Waals surface area contributed by atoms with E-state index in [0.717, 1.165) is 49.7 Å². The fraction of sp³-hybridized carbons (Fsp3) is 0.316. The van der Waals surface area contributed by atoms with Gasteiger partial charge in [-0.3, -0.25) is 14.9 Å². The van der Waals surface area contributed by atoms with Crippen molar-refractivity contribution in [3.05, 3.63) is 72.3 Å². The fourth-order valence-corrected chi connectivity index (χ4v) is 3.14. The Bertz CT molecular complexity index is 803. The van der Waals surface area contributed by atoms with Gasteiger partial charge >= 0.3 is 0 Å². The zero-order chi connectivity index (χ0) is 16.9. The van der Waals surface area contributed by atoms with Crippen LogP contribution in [0.5, 0.6) is 5.75 Å². The molecule has 4 heterocycles.